The first-order valence-electron chi connectivity index (χ1n) is 5.48. The summed E-state index contributed by atoms with van der Waals surface area (Å²) < 4.78 is 4.82. The SMILES string of the molecule is Cc1cc(C(=O)N2CCC(C)C2C(=O)O)no1. The van der Waals surface area contributed by atoms with Crippen LogP contribution in [0.2, 0.25) is 0 Å². The lowest BCUT2D eigenvalue weighted by atomic mass is 10.0. The molecule has 0 saturated carbocycles. The fraction of sp³-hybridized carbons (Fsp3) is 0.545. The molecule has 6 nitrogen and oxygen atoms in total. The molecule has 2 rings (SSSR count). The molecule has 1 aromatic heterocycles. The van der Waals surface area contributed by atoms with Gasteiger partial charge in [-0.15, -0.1) is 0 Å². The smallest absolute Gasteiger partial charge is 0.326 e. The monoisotopic (exact) mass is 238 g/mol. The van der Waals surface area contributed by atoms with E-state index in [2.05, 4.69) is 5.16 Å². The summed E-state index contributed by atoms with van der Waals surface area (Å²) in [5.74, 6) is -0.848. The second-order valence-corrected chi connectivity index (χ2v) is 4.37. The average Bonchev–Trinajstić information content (AvgIpc) is 2.83. The molecule has 0 bridgehead atoms. The number of aromatic nitrogens is 1. The Morgan fingerprint density at radius 1 is 1.59 bits per heavy atom. The Morgan fingerprint density at radius 3 is 2.82 bits per heavy atom. The topological polar surface area (TPSA) is 83.6 Å². The number of amides is 1. The lowest BCUT2D eigenvalue weighted by Crippen LogP contribution is -2.42. The molecule has 2 atom stereocenters. The van der Waals surface area contributed by atoms with E-state index in [1.165, 1.54) is 11.0 Å². The lowest BCUT2D eigenvalue weighted by molar-refractivity contribution is -0.142. The van der Waals surface area contributed by atoms with Crippen molar-refractivity contribution >= 4 is 11.9 Å². The fourth-order valence-corrected chi connectivity index (χ4v) is 2.17. The Kier molecular flexibility index (Phi) is 2.87. The predicted molar refractivity (Wildman–Crippen MR) is 57.5 cm³/mol. The van der Waals surface area contributed by atoms with Gasteiger partial charge in [0.15, 0.2) is 5.69 Å². The maximum absolute atomic E-state index is 12.1. The van der Waals surface area contributed by atoms with Crippen molar-refractivity contribution in [1.82, 2.24) is 10.1 Å². The summed E-state index contributed by atoms with van der Waals surface area (Å²) in [5.41, 5.74) is 0.169. The van der Waals surface area contributed by atoms with Crippen molar-refractivity contribution in [2.45, 2.75) is 26.3 Å². The number of hydrogen-bond acceptors (Lipinski definition) is 4. The van der Waals surface area contributed by atoms with Gasteiger partial charge in [0.2, 0.25) is 0 Å². The minimum Gasteiger partial charge on any atom is -0.480 e. The highest BCUT2D eigenvalue weighted by atomic mass is 16.5. The van der Waals surface area contributed by atoms with E-state index in [9.17, 15) is 9.59 Å². The molecule has 6 heteroatoms. The quantitative estimate of drug-likeness (QED) is 0.828. The Hall–Kier alpha value is -1.85. The first-order valence-corrected chi connectivity index (χ1v) is 5.48. The molecule has 1 amide bonds. The number of carbonyl (C=O) groups excluding carboxylic acids is 1. The Bertz CT molecular complexity index is 454. The molecule has 1 aromatic rings. The van der Waals surface area contributed by atoms with Crippen LogP contribution in [0.3, 0.4) is 0 Å². The number of carboxylic acids is 1. The zero-order valence-electron chi connectivity index (χ0n) is 9.71. The fourth-order valence-electron chi connectivity index (χ4n) is 2.17. The minimum atomic E-state index is -0.969. The number of aryl methyl sites for hydroxylation is 1. The predicted octanol–water partition coefficient (Wildman–Crippen LogP) is 0.918. The highest BCUT2D eigenvalue weighted by Gasteiger charge is 2.40. The molecule has 2 unspecified atom stereocenters. The summed E-state index contributed by atoms with van der Waals surface area (Å²) in [5, 5.41) is 12.7. The average molecular weight is 238 g/mol. The number of carboxylic acid groups (broad SMARTS) is 1. The van der Waals surface area contributed by atoms with Gasteiger partial charge in [0.25, 0.3) is 5.91 Å². The van der Waals surface area contributed by atoms with E-state index in [-0.39, 0.29) is 17.5 Å². The van der Waals surface area contributed by atoms with Gasteiger partial charge in [0, 0.05) is 12.6 Å². The van der Waals surface area contributed by atoms with Gasteiger partial charge in [-0.1, -0.05) is 12.1 Å². The van der Waals surface area contributed by atoms with Crippen LogP contribution >= 0.6 is 0 Å². The molecule has 1 aliphatic rings. The third-order valence-corrected chi connectivity index (χ3v) is 3.06. The molecule has 0 aromatic carbocycles. The molecular weight excluding hydrogens is 224 g/mol. The van der Waals surface area contributed by atoms with Crippen molar-refractivity contribution in [2.75, 3.05) is 6.54 Å². The van der Waals surface area contributed by atoms with Gasteiger partial charge in [0.1, 0.15) is 11.8 Å². The molecule has 17 heavy (non-hydrogen) atoms. The molecule has 0 aliphatic carbocycles. The van der Waals surface area contributed by atoms with E-state index < -0.39 is 12.0 Å². The summed E-state index contributed by atoms with van der Waals surface area (Å²) >= 11 is 0. The maximum atomic E-state index is 12.1. The summed E-state index contributed by atoms with van der Waals surface area (Å²) in [6, 6.07) is 0.754. The first kappa shape index (κ1) is 11.6. The van der Waals surface area contributed by atoms with Gasteiger partial charge in [-0.2, -0.15) is 0 Å². The van der Waals surface area contributed by atoms with Crippen LogP contribution in [0, 0.1) is 12.8 Å². The number of carbonyl (C=O) groups is 2. The number of likely N-dealkylation sites (tertiary alicyclic amines) is 1. The van der Waals surface area contributed by atoms with Crippen LogP contribution in [0.15, 0.2) is 10.6 Å². The van der Waals surface area contributed by atoms with Crippen molar-refractivity contribution in [1.29, 1.82) is 0 Å². The molecule has 0 radical (unpaired) electrons. The first-order chi connectivity index (χ1) is 8.00. The Morgan fingerprint density at radius 2 is 2.29 bits per heavy atom. The summed E-state index contributed by atoms with van der Waals surface area (Å²) in [6.07, 6.45) is 0.694. The highest BCUT2D eigenvalue weighted by molar-refractivity contribution is 5.95. The van der Waals surface area contributed by atoms with Crippen LogP contribution in [0.5, 0.6) is 0 Å². The van der Waals surface area contributed by atoms with E-state index >= 15 is 0 Å². The van der Waals surface area contributed by atoms with Crippen molar-refractivity contribution in [3.63, 3.8) is 0 Å². The molecule has 2 heterocycles. The van der Waals surface area contributed by atoms with Crippen LogP contribution < -0.4 is 0 Å². The molecule has 1 saturated heterocycles. The standard InChI is InChI=1S/C11H14N2O4/c1-6-3-4-13(9(6)11(15)16)10(14)8-5-7(2)17-12-8/h5-6,9H,3-4H2,1-2H3,(H,15,16). The third kappa shape index (κ3) is 2.02. The number of rotatable bonds is 2. The molecule has 1 aliphatic heterocycles. The molecule has 92 valence electrons. The Labute approximate surface area is 98.2 Å². The summed E-state index contributed by atoms with van der Waals surface area (Å²) in [7, 11) is 0. The van der Waals surface area contributed by atoms with Gasteiger partial charge in [-0.3, -0.25) is 4.79 Å². The van der Waals surface area contributed by atoms with Crippen LogP contribution in [0.25, 0.3) is 0 Å². The molecular formula is C11H14N2O4. The van der Waals surface area contributed by atoms with Gasteiger partial charge in [-0.05, 0) is 19.3 Å². The number of aliphatic carboxylic acids is 1. The highest BCUT2D eigenvalue weighted by Crippen LogP contribution is 2.25. The van der Waals surface area contributed by atoms with Crippen LogP contribution in [-0.2, 0) is 4.79 Å². The zero-order chi connectivity index (χ0) is 12.6. The summed E-state index contributed by atoms with van der Waals surface area (Å²) in [4.78, 5) is 24.5. The molecule has 0 spiro atoms. The summed E-state index contributed by atoms with van der Waals surface area (Å²) in [6.45, 7) is 3.97. The van der Waals surface area contributed by atoms with E-state index in [1.54, 1.807) is 6.92 Å². The number of hydrogen-bond donors (Lipinski definition) is 1. The normalized spacial score (nSPS) is 24.0. The zero-order valence-corrected chi connectivity index (χ0v) is 9.71. The van der Waals surface area contributed by atoms with Gasteiger partial charge in [0.05, 0.1) is 0 Å². The van der Waals surface area contributed by atoms with Crippen LogP contribution in [0.4, 0.5) is 0 Å². The molecule has 1 N–H and O–H groups in total. The maximum Gasteiger partial charge on any atom is 0.326 e. The van der Waals surface area contributed by atoms with E-state index in [0.29, 0.717) is 18.7 Å². The van der Waals surface area contributed by atoms with Gasteiger partial charge in [-0.25, -0.2) is 4.79 Å². The van der Waals surface area contributed by atoms with Crippen molar-refractivity contribution in [2.24, 2.45) is 5.92 Å². The van der Waals surface area contributed by atoms with E-state index in [0.717, 1.165) is 0 Å². The van der Waals surface area contributed by atoms with Crippen molar-refractivity contribution in [3.05, 3.63) is 17.5 Å². The molecule has 1 fully saturated rings. The third-order valence-electron chi connectivity index (χ3n) is 3.06. The van der Waals surface area contributed by atoms with Gasteiger partial charge < -0.3 is 14.5 Å². The van der Waals surface area contributed by atoms with E-state index in [4.69, 9.17) is 9.63 Å². The van der Waals surface area contributed by atoms with Gasteiger partial charge >= 0.3 is 5.97 Å². The largest absolute Gasteiger partial charge is 0.480 e. The second kappa shape index (κ2) is 4.20. The van der Waals surface area contributed by atoms with Crippen LogP contribution in [0.1, 0.15) is 29.6 Å². The lowest BCUT2D eigenvalue weighted by Gasteiger charge is -2.22. The van der Waals surface area contributed by atoms with Crippen molar-refractivity contribution in [3.8, 4) is 0 Å². The van der Waals surface area contributed by atoms with E-state index in [1.807, 2.05) is 6.92 Å². The van der Waals surface area contributed by atoms with Crippen molar-refractivity contribution < 1.29 is 19.2 Å². The minimum absolute atomic E-state index is 0.0375. The number of nitrogens with zero attached hydrogens (tertiary/aromatic N) is 2. The Balaban J connectivity index is 2.22. The van der Waals surface area contributed by atoms with Crippen LogP contribution in [-0.4, -0.2) is 39.6 Å². The second-order valence-electron chi connectivity index (χ2n) is 4.37.